The largest absolute Gasteiger partial charge is 0.212 e. The van der Waals surface area contributed by atoms with Gasteiger partial charge in [0.15, 0.2) is 11.6 Å². The summed E-state index contributed by atoms with van der Waals surface area (Å²) < 4.78 is 2.05. The lowest BCUT2D eigenvalue weighted by Crippen LogP contribution is -2.06. The van der Waals surface area contributed by atoms with E-state index >= 15 is 0 Å². The Morgan fingerprint density at radius 3 is 1.92 bits per heavy atom. The van der Waals surface area contributed by atoms with E-state index in [9.17, 15) is 0 Å². The van der Waals surface area contributed by atoms with Crippen LogP contribution >= 0.6 is 0 Å². The molecule has 0 spiro atoms. The molecule has 0 aliphatic heterocycles. The molecule has 1 heterocycles. The molecule has 5 rings (SSSR count). The molecule has 0 saturated heterocycles. The number of benzene rings is 4. The number of aryl methyl sites for hydroxylation is 3. The van der Waals surface area contributed by atoms with Gasteiger partial charge < -0.3 is 0 Å². The topological polar surface area (TPSA) is 30.7 Å². The fourth-order valence-electron chi connectivity index (χ4n) is 5.11. The first kappa shape index (κ1) is 24.7. The van der Waals surface area contributed by atoms with Crippen molar-refractivity contribution >= 4 is 0 Å². The number of nitrogens with zero attached hydrogens (tertiary/aromatic N) is 3. The molecule has 0 fully saturated rings. The maximum Gasteiger partial charge on any atom is 0.182 e. The summed E-state index contributed by atoms with van der Waals surface area (Å²) in [5.74, 6) is 1.60. The summed E-state index contributed by atoms with van der Waals surface area (Å²) in [5.41, 5.74) is 9.42. The highest BCUT2D eigenvalue weighted by atomic mass is 15.4. The molecule has 0 atom stereocenters. The van der Waals surface area contributed by atoms with Crippen LogP contribution in [0.4, 0.5) is 0 Å². The number of unbranched alkanes of at least 4 members (excludes halogenated alkanes) is 3. The van der Waals surface area contributed by atoms with Crippen LogP contribution in [0, 0.1) is 13.8 Å². The first-order chi connectivity index (χ1) is 18.1. The maximum atomic E-state index is 5.11. The van der Waals surface area contributed by atoms with Crippen LogP contribution in [0.1, 0.15) is 49.3 Å². The van der Waals surface area contributed by atoms with Gasteiger partial charge in [0, 0.05) is 11.1 Å². The summed E-state index contributed by atoms with van der Waals surface area (Å²) in [4.78, 5) is 5.09. The summed E-state index contributed by atoms with van der Waals surface area (Å²) in [7, 11) is 0. The molecule has 3 heteroatoms. The van der Waals surface area contributed by atoms with Crippen LogP contribution in [-0.2, 0) is 6.42 Å². The van der Waals surface area contributed by atoms with E-state index in [1.54, 1.807) is 0 Å². The summed E-state index contributed by atoms with van der Waals surface area (Å²) in [6, 6.07) is 34.0. The standard InChI is InChI=1S/C34H35N3/c1-4-5-6-9-15-27-22-25(2)32(26(3)23-27)37-34(29-18-12-8-13-19-29)35-33(36-37)31-21-14-20-30(24-31)28-16-10-7-11-17-28/h7-8,10-14,16-24H,4-6,9,15H2,1-3H3. The Morgan fingerprint density at radius 1 is 0.622 bits per heavy atom. The predicted octanol–water partition coefficient (Wildman–Crippen LogP) is 9.01. The lowest BCUT2D eigenvalue weighted by Gasteiger charge is -2.15. The maximum absolute atomic E-state index is 5.11. The Kier molecular flexibility index (Phi) is 7.60. The average molecular weight is 486 g/mol. The Balaban J connectivity index is 1.57. The third-order valence-electron chi connectivity index (χ3n) is 6.95. The van der Waals surface area contributed by atoms with Gasteiger partial charge in [0.1, 0.15) is 0 Å². The van der Waals surface area contributed by atoms with Gasteiger partial charge in [-0.25, -0.2) is 9.67 Å². The van der Waals surface area contributed by atoms with E-state index in [0.717, 1.165) is 40.4 Å². The van der Waals surface area contributed by atoms with E-state index in [4.69, 9.17) is 10.1 Å². The van der Waals surface area contributed by atoms with Gasteiger partial charge in [0.05, 0.1) is 5.69 Å². The molecule has 0 bridgehead atoms. The summed E-state index contributed by atoms with van der Waals surface area (Å²) in [6.45, 7) is 6.66. The molecular formula is C34H35N3. The molecule has 0 unspecified atom stereocenters. The van der Waals surface area contributed by atoms with E-state index in [1.165, 1.54) is 47.9 Å². The molecule has 1 aromatic heterocycles. The van der Waals surface area contributed by atoms with Crippen LogP contribution < -0.4 is 0 Å². The minimum Gasteiger partial charge on any atom is -0.212 e. The normalized spacial score (nSPS) is 11.1. The quantitative estimate of drug-likeness (QED) is 0.195. The lowest BCUT2D eigenvalue weighted by molar-refractivity contribution is 0.666. The molecule has 0 aliphatic rings. The van der Waals surface area contributed by atoms with Crippen molar-refractivity contribution < 1.29 is 0 Å². The molecule has 4 aromatic carbocycles. The van der Waals surface area contributed by atoms with Gasteiger partial charge in [0.25, 0.3) is 0 Å². The van der Waals surface area contributed by atoms with Crippen LogP contribution in [0.3, 0.4) is 0 Å². The number of rotatable bonds is 9. The van der Waals surface area contributed by atoms with Crippen molar-refractivity contribution in [1.29, 1.82) is 0 Å². The van der Waals surface area contributed by atoms with Crippen LogP contribution in [0.15, 0.2) is 97.1 Å². The fourth-order valence-corrected chi connectivity index (χ4v) is 5.11. The lowest BCUT2D eigenvalue weighted by atomic mass is 9.99. The summed E-state index contributed by atoms with van der Waals surface area (Å²) in [6.07, 6.45) is 6.24. The van der Waals surface area contributed by atoms with Crippen molar-refractivity contribution in [2.24, 2.45) is 0 Å². The van der Waals surface area contributed by atoms with Gasteiger partial charge in [-0.05, 0) is 60.6 Å². The predicted molar refractivity (Wildman–Crippen MR) is 155 cm³/mol. The van der Waals surface area contributed by atoms with Crippen molar-refractivity contribution in [2.45, 2.75) is 52.9 Å². The highest BCUT2D eigenvalue weighted by Gasteiger charge is 2.18. The molecule has 0 aliphatic carbocycles. The zero-order valence-corrected chi connectivity index (χ0v) is 22.1. The number of hydrogen-bond donors (Lipinski definition) is 0. The second-order valence-electron chi connectivity index (χ2n) is 9.87. The monoisotopic (exact) mass is 485 g/mol. The summed E-state index contributed by atoms with van der Waals surface area (Å²) in [5, 5.41) is 5.11. The molecule has 0 N–H and O–H groups in total. The Hall–Kier alpha value is -3.98. The Bertz CT molecular complexity index is 1440. The van der Waals surface area contributed by atoms with Gasteiger partial charge in [-0.15, -0.1) is 5.10 Å². The van der Waals surface area contributed by atoms with E-state index in [-0.39, 0.29) is 0 Å². The zero-order chi connectivity index (χ0) is 25.6. The van der Waals surface area contributed by atoms with E-state index < -0.39 is 0 Å². The third-order valence-corrected chi connectivity index (χ3v) is 6.95. The Labute approximate surface area is 220 Å². The van der Waals surface area contributed by atoms with Crippen LogP contribution in [-0.4, -0.2) is 14.8 Å². The van der Waals surface area contributed by atoms with Gasteiger partial charge in [0.2, 0.25) is 0 Å². The summed E-state index contributed by atoms with van der Waals surface area (Å²) >= 11 is 0. The van der Waals surface area contributed by atoms with Crippen molar-refractivity contribution in [1.82, 2.24) is 14.8 Å². The average Bonchev–Trinajstić information content (AvgIpc) is 3.37. The molecule has 0 amide bonds. The molecule has 0 radical (unpaired) electrons. The molecule has 3 nitrogen and oxygen atoms in total. The SMILES string of the molecule is CCCCCCc1cc(C)c(-n2nc(-c3cccc(-c4ccccc4)c3)nc2-c2ccccc2)c(C)c1. The van der Waals surface area contributed by atoms with Crippen molar-refractivity contribution in [3.05, 3.63) is 114 Å². The van der Waals surface area contributed by atoms with Crippen LogP contribution in [0.25, 0.3) is 39.6 Å². The zero-order valence-electron chi connectivity index (χ0n) is 22.1. The highest BCUT2D eigenvalue weighted by Crippen LogP contribution is 2.31. The fraction of sp³-hybridized carbons (Fsp3) is 0.235. The van der Waals surface area contributed by atoms with Gasteiger partial charge >= 0.3 is 0 Å². The van der Waals surface area contributed by atoms with E-state index in [0.29, 0.717) is 0 Å². The molecule has 186 valence electrons. The van der Waals surface area contributed by atoms with Crippen molar-refractivity contribution in [3.8, 4) is 39.6 Å². The van der Waals surface area contributed by atoms with E-state index in [1.807, 2.05) is 16.8 Å². The van der Waals surface area contributed by atoms with Crippen molar-refractivity contribution in [2.75, 3.05) is 0 Å². The van der Waals surface area contributed by atoms with Gasteiger partial charge in [-0.3, -0.25) is 0 Å². The second-order valence-corrected chi connectivity index (χ2v) is 9.87. The minimum absolute atomic E-state index is 0.735. The van der Waals surface area contributed by atoms with Crippen LogP contribution in [0.2, 0.25) is 0 Å². The highest BCUT2D eigenvalue weighted by molar-refractivity contribution is 5.72. The van der Waals surface area contributed by atoms with Gasteiger partial charge in [-0.2, -0.15) is 0 Å². The molecule has 37 heavy (non-hydrogen) atoms. The first-order valence-corrected chi connectivity index (χ1v) is 13.4. The smallest absolute Gasteiger partial charge is 0.182 e. The second kappa shape index (κ2) is 11.4. The Morgan fingerprint density at radius 2 is 1.24 bits per heavy atom. The molecule has 0 saturated carbocycles. The number of aromatic nitrogens is 3. The first-order valence-electron chi connectivity index (χ1n) is 13.4. The van der Waals surface area contributed by atoms with Gasteiger partial charge in [-0.1, -0.05) is 117 Å². The van der Waals surface area contributed by atoms with E-state index in [2.05, 4.69) is 106 Å². The third kappa shape index (κ3) is 5.56. The number of hydrogen-bond acceptors (Lipinski definition) is 2. The van der Waals surface area contributed by atoms with Crippen LogP contribution in [0.5, 0.6) is 0 Å². The van der Waals surface area contributed by atoms with Crippen molar-refractivity contribution in [3.63, 3.8) is 0 Å². The molecular weight excluding hydrogens is 450 g/mol. The minimum atomic E-state index is 0.735. The molecule has 5 aromatic rings.